The maximum absolute atomic E-state index is 13.0. The standard InChI is InChI=1S/C26H35N9OS.C24H27F3N8O2S.C24H28N8O2S/c1-17-15-19(35-13-11-34(12-14-35)10-9-31(3)4)7-8-20(17)29-26-27-16-21-23(30-26)33(6)25-22(24(36)32(21)5)28-18(2)37-25;1-14-29-19-21(36)33(3)17-12-28-23(31-20(17)34(4)22(19)38-14)30-16-6-5-15(35-9-7-32(2)8-10-35)11-18(16)37-13-24(25,26)27;1-14-12-17(32-10-8-31(9-11-32)16(3)33)6-7-18(14)27-24-25-13-19-21(28-24)30(5)23-20(22(34)29(19)4)26-15(2)35-23/h7-8,15-16H,9-14H2,1-6H3,(H,27,29,30);5-6,11-12H,7-10,13H2,1-4H3,(H,28,30,31);6-7,12-13H,8-11H2,1-5H3,(H,25,27,28). The molecule has 580 valence electrons. The Bertz CT molecular complexity index is 4940. The number of anilines is 18. The average Bonchev–Trinajstić information content (AvgIpc) is 1.62. The van der Waals surface area contributed by atoms with E-state index in [-0.39, 0.29) is 35.3 Å². The first-order valence-electron chi connectivity index (χ1n) is 35.9. The van der Waals surface area contributed by atoms with Crippen LogP contribution in [-0.4, -0.2) is 256 Å². The summed E-state index contributed by atoms with van der Waals surface area (Å²) in [4.78, 5) is 117. The predicted octanol–water partition coefficient (Wildman–Crippen LogP) is 10.7. The van der Waals surface area contributed by atoms with Crippen molar-refractivity contribution in [2.75, 3.05) is 222 Å². The van der Waals surface area contributed by atoms with Crippen LogP contribution in [0, 0.1) is 34.6 Å². The normalized spacial score (nSPS) is 16.0. The van der Waals surface area contributed by atoms with Crippen molar-refractivity contribution < 1.29 is 37.1 Å². The van der Waals surface area contributed by atoms with Crippen molar-refractivity contribution in [1.82, 2.24) is 64.5 Å². The van der Waals surface area contributed by atoms with Crippen LogP contribution in [0.1, 0.15) is 64.5 Å². The molecule has 3 fully saturated rings. The molecule has 4 amide bonds. The Balaban J connectivity index is 0.000000145. The van der Waals surface area contributed by atoms with Gasteiger partial charge in [-0.2, -0.15) is 28.1 Å². The summed E-state index contributed by atoms with van der Waals surface area (Å²) in [5.41, 5.74) is 10.5. The second-order valence-corrected chi connectivity index (χ2v) is 31.6. The number of aromatic nitrogens is 9. The lowest BCUT2D eigenvalue weighted by molar-refractivity contribution is -0.153. The Morgan fingerprint density at radius 3 is 1.20 bits per heavy atom. The molecule has 6 aliphatic rings. The summed E-state index contributed by atoms with van der Waals surface area (Å²) < 4.78 is 44.3. The lowest BCUT2D eigenvalue weighted by Gasteiger charge is -2.36. The third-order valence-electron chi connectivity index (χ3n) is 19.9. The number of benzene rings is 3. The number of likely N-dealkylation sites (N-methyl/N-ethyl adjacent to an activating group) is 2. The summed E-state index contributed by atoms with van der Waals surface area (Å²) >= 11 is 4.33. The molecule has 9 aromatic rings. The third-order valence-corrected chi connectivity index (χ3v) is 23.1. The van der Waals surface area contributed by atoms with Gasteiger partial charge in [-0.25, -0.2) is 29.9 Å². The molecule has 110 heavy (non-hydrogen) atoms. The van der Waals surface area contributed by atoms with Crippen molar-refractivity contribution >= 4 is 159 Å². The van der Waals surface area contributed by atoms with Crippen LogP contribution < -0.4 is 64.8 Å². The molecule has 0 atom stereocenters. The third kappa shape index (κ3) is 16.7. The zero-order chi connectivity index (χ0) is 78.3. The molecule has 3 aromatic carbocycles. The average molecular weight is 1560 g/mol. The van der Waals surface area contributed by atoms with E-state index in [4.69, 9.17) is 14.7 Å². The van der Waals surface area contributed by atoms with Crippen LogP contribution >= 0.6 is 34.0 Å². The van der Waals surface area contributed by atoms with E-state index in [9.17, 15) is 32.3 Å². The van der Waals surface area contributed by atoms with E-state index in [0.29, 0.717) is 74.2 Å². The minimum atomic E-state index is -4.49. The molecular weight excluding hydrogens is 1470 g/mol. The van der Waals surface area contributed by atoms with Gasteiger partial charge in [0.1, 0.15) is 37.8 Å². The lowest BCUT2D eigenvalue weighted by Crippen LogP contribution is -2.48. The fraction of sp³-hybridized carbons (Fsp3) is 0.419. The molecule has 12 heterocycles. The Hall–Kier alpha value is -10.7. The zero-order valence-corrected chi connectivity index (χ0v) is 66.7. The van der Waals surface area contributed by atoms with E-state index in [1.807, 2.05) is 75.7 Å². The molecule has 0 unspecified atom stereocenters. The van der Waals surface area contributed by atoms with E-state index in [1.165, 1.54) is 50.8 Å². The highest BCUT2D eigenvalue weighted by Crippen LogP contribution is 2.45. The number of carbonyl (C=O) groups is 4. The maximum Gasteiger partial charge on any atom is 0.422 e. The number of nitrogens with one attached hydrogen (secondary N) is 3. The molecule has 0 aliphatic carbocycles. The molecule has 3 saturated heterocycles. The first-order valence-corrected chi connectivity index (χ1v) is 38.4. The van der Waals surface area contributed by atoms with Crippen LogP contribution in [0.3, 0.4) is 0 Å². The summed E-state index contributed by atoms with van der Waals surface area (Å²) in [6.45, 7) is 22.8. The van der Waals surface area contributed by atoms with Gasteiger partial charge in [0.15, 0.2) is 41.1 Å². The van der Waals surface area contributed by atoms with Gasteiger partial charge in [0.05, 0.1) is 39.3 Å². The number of aryl methyl sites for hydroxylation is 5. The van der Waals surface area contributed by atoms with Gasteiger partial charge < -0.3 is 79.5 Å². The number of carbonyl (C=O) groups excluding carboxylic acids is 4. The van der Waals surface area contributed by atoms with E-state index in [1.54, 1.807) is 74.3 Å². The Kier molecular flexibility index (Phi) is 22.6. The number of hydrogen-bond acceptors (Lipinski definition) is 29. The van der Waals surface area contributed by atoms with Crippen molar-refractivity contribution in [2.24, 2.45) is 0 Å². The number of alkyl halides is 3. The summed E-state index contributed by atoms with van der Waals surface area (Å²) in [6, 6.07) is 17.8. The quantitative estimate of drug-likeness (QED) is 0.0913. The summed E-state index contributed by atoms with van der Waals surface area (Å²) in [7, 11) is 16.9. The molecule has 6 aliphatic heterocycles. The second-order valence-electron chi connectivity index (χ2n) is 28.0. The van der Waals surface area contributed by atoms with Crippen LogP contribution in [-0.2, 0) is 4.79 Å². The van der Waals surface area contributed by atoms with E-state index in [0.717, 1.165) is 151 Å². The molecule has 0 spiro atoms. The van der Waals surface area contributed by atoms with E-state index < -0.39 is 12.8 Å². The number of ether oxygens (including phenoxy) is 1. The monoisotopic (exact) mass is 1560 g/mol. The highest BCUT2D eigenvalue weighted by Gasteiger charge is 2.37. The molecule has 0 saturated carbocycles. The van der Waals surface area contributed by atoms with Gasteiger partial charge in [0.25, 0.3) is 17.7 Å². The molecule has 30 nitrogen and oxygen atoms in total. The SMILES string of the molecule is CC(=O)N1CCN(c2ccc(Nc3ncc4c(n3)N(C)c3sc(C)nc3C(=O)N4C)c(C)c2)CC1.Cc1nc2c(s1)N(C)c1nc(Nc3ccc(N4CCN(C)CC4)cc3OCC(F)(F)F)ncc1N(C)C2=O.Cc1nc2c(s1)N(C)c1nc(Nc3ccc(N4CCN(CCN(C)C)CC4)cc3C)ncc1N(C)C2=O. The number of piperazine rings is 3. The minimum Gasteiger partial charge on any atom is -0.482 e. The second kappa shape index (κ2) is 32.1. The molecular formula is C74H90F3N25O5S3. The summed E-state index contributed by atoms with van der Waals surface area (Å²) in [5, 5.41) is 14.4. The first kappa shape index (κ1) is 77.5. The number of amides is 4. The Morgan fingerprint density at radius 2 is 0.836 bits per heavy atom. The Labute approximate surface area is 648 Å². The van der Waals surface area contributed by atoms with Gasteiger partial charge in [-0.3, -0.25) is 24.1 Å². The smallest absolute Gasteiger partial charge is 0.422 e. The molecule has 6 aromatic heterocycles. The maximum atomic E-state index is 13.0. The van der Waals surface area contributed by atoms with Crippen LogP contribution in [0.2, 0.25) is 0 Å². The molecule has 3 N–H and O–H groups in total. The van der Waals surface area contributed by atoms with Crippen molar-refractivity contribution in [3.05, 3.63) is 116 Å². The number of halogens is 3. The number of fused-ring (bicyclic) bond motifs is 6. The summed E-state index contributed by atoms with van der Waals surface area (Å²) in [5.74, 6) is 2.40. The van der Waals surface area contributed by atoms with Gasteiger partial charge in [-0.1, -0.05) is 0 Å². The Morgan fingerprint density at radius 1 is 0.482 bits per heavy atom. The number of rotatable bonds is 14. The highest BCUT2D eigenvalue weighted by molar-refractivity contribution is 7.17. The lowest BCUT2D eigenvalue weighted by atomic mass is 10.1. The summed E-state index contributed by atoms with van der Waals surface area (Å²) in [6.07, 6.45) is 0.367. The fourth-order valence-corrected chi connectivity index (χ4v) is 16.1. The van der Waals surface area contributed by atoms with Crippen molar-refractivity contribution in [3.63, 3.8) is 0 Å². The van der Waals surface area contributed by atoms with Crippen LogP contribution in [0.5, 0.6) is 5.75 Å². The molecule has 36 heteroatoms. The first-order chi connectivity index (χ1) is 52.4. The number of hydrogen-bond donors (Lipinski definition) is 3. The van der Waals surface area contributed by atoms with Gasteiger partial charge in [0.2, 0.25) is 23.8 Å². The number of nitrogens with zero attached hydrogens (tertiary/aromatic N) is 22. The topological polar surface area (TPSA) is 272 Å². The predicted molar refractivity (Wildman–Crippen MR) is 431 cm³/mol. The highest BCUT2D eigenvalue weighted by atomic mass is 32.1. The van der Waals surface area contributed by atoms with E-state index >= 15 is 0 Å². The van der Waals surface area contributed by atoms with Crippen LogP contribution in [0.4, 0.5) is 115 Å². The van der Waals surface area contributed by atoms with Gasteiger partial charge >= 0.3 is 6.18 Å². The number of thiazole rings is 3. The minimum absolute atomic E-state index is 0.0401. The largest absolute Gasteiger partial charge is 0.482 e. The van der Waals surface area contributed by atoms with Gasteiger partial charge in [-0.05, 0) is 115 Å². The van der Waals surface area contributed by atoms with Gasteiger partial charge in [0, 0.05) is 175 Å². The fourth-order valence-electron chi connectivity index (χ4n) is 13.5. The zero-order valence-electron chi connectivity index (χ0n) is 64.3. The van der Waals surface area contributed by atoms with Crippen LogP contribution in [0.15, 0.2) is 73.2 Å². The van der Waals surface area contributed by atoms with E-state index in [2.05, 4.69) is 132 Å². The van der Waals surface area contributed by atoms with Crippen LogP contribution in [0.25, 0.3) is 0 Å². The van der Waals surface area contributed by atoms with Gasteiger partial charge in [-0.15, -0.1) is 34.0 Å². The van der Waals surface area contributed by atoms with Crippen molar-refractivity contribution in [2.45, 2.75) is 47.7 Å². The molecule has 0 bridgehead atoms. The van der Waals surface area contributed by atoms with Crippen molar-refractivity contribution in [3.8, 4) is 5.75 Å². The molecule has 15 rings (SSSR count). The molecule has 0 radical (unpaired) electrons. The van der Waals surface area contributed by atoms with Crippen molar-refractivity contribution in [1.29, 1.82) is 0 Å².